The van der Waals surface area contributed by atoms with E-state index in [0.29, 0.717) is 5.56 Å². The topological polar surface area (TPSA) is 27.7 Å². The van der Waals surface area contributed by atoms with Crippen molar-refractivity contribution in [1.82, 2.24) is 0 Å². The average Bonchev–Trinajstić information content (AvgIpc) is 2.55. The lowest BCUT2D eigenvalue weighted by atomic mass is 9.81. The second kappa shape index (κ2) is 6.67. The highest BCUT2D eigenvalue weighted by atomic mass is 19.4. The predicted molar refractivity (Wildman–Crippen MR) is 100 cm³/mol. The highest BCUT2D eigenvalue weighted by Gasteiger charge is 2.50. The minimum absolute atomic E-state index is 0.265. The minimum atomic E-state index is -4.33. The van der Waals surface area contributed by atoms with Gasteiger partial charge in [0.15, 0.2) is 6.20 Å². The summed E-state index contributed by atoms with van der Waals surface area (Å²) in [5.74, 6) is 0. The number of aryl methyl sites for hydroxylation is 3. The van der Waals surface area contributed by atoms with Gasteiger partial charge in [-0.15, -0.1) is 0 Å². The fraction of sp³-hybridized carbons (Fsp3) is 0.455. The molecule has 0 atom stereocenters. The van der Waals surface area contributed by atoms with Gasteiger partial charge in [-0.1, -0.05) is 12.1 Å². The fourth-order valence-corrected chi connectivity index (χ4v) is 3.23. The van der Waals surface area contributed by atoms with Crippen molar-refractivity contribution < 1.29 is 17.7 Å². The van der Waals surface area contributed by atoms with Crippen molar-refractivity contribution in [2.45, 2.75) is 58.5 Å². The van der Waals surface area contributed by atoms with Gasteiger partial charge in [-0.3, -0.25) is 0 Å². The summed E-state index contributed by atoms with van der Waals surface area (Å²) in [4.78, 5) is 0. The Bertz CT molecular complexity index is 916. The second-order valence-corrected chi connectivity index (χ2v) is 8.26. The smallest absolute Gasteiger partial charge is 0.201 e. The summed E-state index contributed by atoms with van der Waals surface area (Å²) in [5.41, 5.74) is 2.02. The monoisotopic (exact) mass is 375 g/mol. The Kier molecular flexibility index (Phi) is 5.18. The van der Waals surface area contributed by atoms with Crippen LogP contribution in [-0.4, -0.2) is 6.18 Å². The van der Waals surface area contributed by atoms with Crippen molar-refractivity contribution in [2.24, 2.45) is 7.05 Å². The maximum Gasteiger partial charge on any atom is 0.398 e. The van der Waals surface area contributed by atoms with Gasteiger partial charge in [-0.25, -0.2) is 4.57 Å². The van der Waals surface area contributed by atoms with E-state index in [9.17, 15) is 18.4 Å². The first-order valence-electron chi connectivity index (χ1n) is 8.82. The molecule has 2 aromatic rings. The zero-order chi connectivity index (χ0) is 20.8. The zero-order valence-electron chi connectivity index (χ0n) is 16.9. The largest absolute Gasteiger partial charge is 0.398 e. The predicted octanol–water partition coefficient (Wildman–Crippen LogP) is 5.44. The molecule has 1 aromatic heterocycles. The first-order chi connectivity index (χ1) is 12.2. The van der Waals surface area contributed by atoms with Gasteiger partial charge in [0, 0.05) is 17.2 Å². The highest BCUT2D eigenvalue weighted by Crippen LogP contribution is 2.41. The molecule has 0 radical (unpaired) electrons. The molecule has 0 aliphatic carbocycles. The highest BCUT2D eigenvalue weighted by molar-refractivity contribution is 5.63. The molecule has 5 heteroatoms. The Balaban J connectivity index is 2.60. The standard InChI is InChI=1S/C22H26F3N2/c1-14-10-16(20(3,4)13-26)8-9-17(14)19-11-15(2)18(12-27(19)7)21(5,6)22(23,24)25/h8-12H,1-7H3/q+1. The van der Waals surface area contributed by atoms with E-state index in [4.69, 9.17) is 0 Å². The molecule has 0 N–H and O–H groups in total. The average molecular weight is 375 g/mol. The fourth-order valence-electron chi connectivity index (χ4n) is 3.23. The molecule has 0 fully saturated rings. The van der Waals surface area contributed by atoms with Crippen LogP contribution in [0.3, 0.4) is 0 Å². The number of alkyl halides is 3. The van der Waals surface area contributed by atoms with Crippen LogP contribution in [0.25, 0.3) is 11.3 Å². The van der Waals surface area contributed by atoms with Crippen LogP contribution in [-0.2, 0) is 17.9 Å². The van der Waals surface area contributed by atoms with Crippen LogP contribution in [0.15, 0.2) is 30.5 Å². The lowest BCUT2D eigenvalue weighted by molar-refractivity contribution is -0.661. The number of benzene rings is 1. The molecule has 144 valence electrons. The molecule has 0 saturated carbocycles. The summed E-state index contributed by atoms with van der Waals surface area (Å²) < 4.78 is 42.2. The summed E-state index contributed by atoms with van der Waals surface area (Å²) in [5, 5.41) is 9.33. The Morgan fingerprint density at radius 3 is 2.04 bits per heavy atom. The second-order valence-electron chi connectivity index (χ2n) is 8.26. The van der Waals surface area contributed by atoms with E-state index in [1.807, 2.05) is 39.0 Å². The molecule has 0 bridgehead atoms. The van der Waals surface area contributed by atoms with Gasteiger partial charge in [0.25, 0.3) is 0 Å². The maximum atomic E-state index is 13.5. The van der Waals surface area contributed by atoms with E-state index in [0.717, 1.165) is 22.4 Å². The van der Waals surface area contributed by atoms with Crippen molar-refractivity contribution in [3.05, 3.63) is 52.7 Å². The van der Waals surface area contributed by atoms with Crippen molar-refractivity contribution in [3.8, 4) is 17.3 Å². The Labute approximate surface area is 159 Å². The number of hydrogen-bond donors (Lipinski definition) is 0. The van der Waals surface area contributed by atoms with Crippen LogP contribution in [0.4, 0.5) is 13.2 Å². The number of pyridine rings is 1. The van der Waals surface area contributed by atoms with Crippen LogP contribution in [0.1, 0.15) is 49.9 Å². The molecule has 0 spiro atoms. The summed E-state index contributed by atoms with van der Waals surface area (Å²) in [6.07, 6.45) is -2.75. The third kappa shape index (κ3) is 3.71. The first kappa shape index (κ1) is 21.0. The molecule has 0 aliphatic heterocycles. The van der Waals surface area contributed by atoms with Crippen molar-refractivity contribution >= 4 is 0 Å². The number of nitriles is 1. The third-order valence-electron chi connectivity index (χ3n) is 5.37. The number of nitrogens with zero attached hydrogens (tertiary/aromatic N) is 2. The van der Waals surface area contributed by atoms with Gasteiger partial charge in [0.1, 0.15) is 7.05 Å². The summed E-state index contributed by atoms with van der Waals surface area (Å²) >= 11 is 0. The maximum absolute atomic E-state index is 13.5. The van der Waals surface area contributed by atoms with E-state index in [2.05, 4.69) is 6.07 Å². The van der Waals surface area contributed by atoms with Crippen LogP contribution in [0.5, 0.6) is 0 Å². The number of aromatic nitrogens is 1. The van der Waals surface area contributed by atoms with Crippen molar-refractivity contribution in [1.29, 1.82) is 5.26 Å². The molecule has 0 saturated heterocycles. The summed E-state index contributed by atoms with van der Waals surface area (Å²) in [6, 6.07) is 9.92. The third-order valence-corrected chi connectivity index (χ3v) is 5.37. The van der Waals surface area contributed by atoms with Gasteiger partial charge in [-0.05, 0) is 64.3 Å². The SMILES string of the molecule is Cc1cc(C(C)(C)C#N)ccc1-c1cc(C)c(C(C)(C)C(F)(F)F)c[n+]1C. The van der Waals surface area contributed by atoms with Crippen molar-refractivity contribution in [2.75, 3.05) is 0 Å². The van der Waals surface area contributed by atoms with Crippen LogP contribution in [0, 0.1) is 25.2 Å². The number of halogens is 3. The minimum Gasteiger partial charge on any atom is -0.201 e. The number of rotatable bonds is 3. The summed E-state index contributed by atoms with van der Waals surface area (Å²) in [6.45, 7) is 9.81. The van der Waals surface area contributed by atoms with E-state index >= 15 is 0 Å². The molecular formula is C22H26F3N2+. The van der Waals surface area contributed by atoms with E-state index in [1.165, 1.54) is 13.8 Å². The molecule has 2 nitrogen and oxygen atoms in total. The van der Waals surface area contributed by atoms with E-state index < -0.39 is 17.0 Å². The molecule has 2 rings (SSSR count). The molecule has 0 amide bonds. The molecule has 27 heavy (non-hydrogen) atoms. The van der Waals surface area contributed by atoms with Crippen LogP contribution < -0.4 is 4.57 Å². The quantitative estimate of drug-likeness (QED) is 0.657. The van der Waals surface area contributed by atoms with E-state index in [1.54, 1.807) is 30.8 Å². The van der Waals surface area contributed by atoms with Gasteiger partial charge < -0.3 is 0 Å². The Morgan fingerprint density at radius 2 is 1.56 bits per heavy atom. The molecule has 0 aliphatic rings. The first-order valence-corrected chi connectivity index (χ1v) is 8.82. The van der Waals surface area contributed by atoms with E-state index in [-0.39, 0.29) is 5.56 Å². The van der Waals surface area contributed by atoms with Gasteiger partial charge in [0.05, 0.1) is 16.9 Å². The Morgan fingerprint density at radius 1 is 0.963 bits per heavy atom. The van der Waals surface area contributed by atoms with Crippen LogP contribution >= 0.6 is 0 Å². The molecule has 1 aromatic carbocycles. The number of hydrogen-bond acceptors (Lipinski definition) is 1. The lowest BCUT2D eigenvalue weighted by Crippen LogP contribution is -2.41. The zero-order valence-corrected chi connectivity index (χ0v) is 16.9. The summed E-state index contributed by atoms with van der Waals surface area (Å²) in [7, 11) is 1.76. The van der Waals surface area contributed by atoms with Crippen molar-refractivity contribution in [3.63, 3.8) is 0 Å². The van der Waals surface area contributed by atoms with Gasteiger partial charge in [-0.2, -0.15) is 18.4 Å². The molecular weight excluding hydrogens is 349 g/mol. The van der Waals surface area contributed by atoms with Gasteiger partial charge >= 0.3 is 6.18 Å². The normalized spacial score (nSPS) is 12.8. The molecule has 0 unspecified atom stereocenters. The van der Waals surface area contributed by atoms with Crippen LogP contribution in [0.2, 0.25) is 0 Å². The Hall–Kier alpha value is -2.35. The lowest BCUT2D eigenvalue weighted by Gasteiger charge is -2.28. The molecule has 1 heterocycles. The van der Waals surface area contributed by atoms with Gasteiger partial charge in [0.2, 0.25) is 5.69 Å².